The molecule has 1 heterocycles. The molecule has 0 atom stereocenters. The number of hydrogen-bond acceptors (Lipinski definition) is 7. The molecule has 0 radical (unpaired) electrons. The second-order valence-corrected chi connectivity index (χ2v) is 8.21. The summed E-state index contributed by atoms with van der Waals surface area (Å²) in [4.78, 5) is 10.6. The molecule has 0 saturated carbocycles. The van der Waals surface area contributed by atoms with Crippen molar-refractivity contribution in [2.75, 3.05) is 17.8 Å². The van der Waals surface area contributed by atoms with Crippen LogP contribution in [0.5, 0.6) is 11.5 Å². The van der Waals surface area contributed by atoms with E-state index in [1.54, 1.807) is 53.6 Å². The number of nitrogens with zero attached hydrogens (tertiary/aromatic N) is 3. The molecule has 174 valence electrons. The van der Waals surface area contributed by atoms with E-state index in [0.29, 0.717) is 28.8 Å². The van der Waals surface area contributed by atoms with Gasteiger partial charge in [-0.1, -0.05) is 11.8 Å². The molecular weight excluding hydrogens is 441 g/mol. The van der Waals surface area contributed by atoms with Crippen LogP contribution in [0.1, 0.15) is 32.0 Å². The smallest absolute Gasteiger partial charge is 0.188 e. The van der Waals surface area contributed by atoms with Crippen LogP contribution in [0.3, 0.4) is 0 Å². The van der Waals surface area contributed by atoms with Gasteiger partial charge in [0.05, 0.1) is 30.6 Å². The lowest BCUT2D eigenvalue weighted by Gasteiger charge is -2.27. The number of nitrogens with one attached hydrogen (secondary N) is 1. The van der Waals surface area contributed by atoms with Gasteiger partial charge in [-0.15, -0.1) is 0 Å². The summed E-state index contributed by atoms with van der Waals surface area (Å²) in [5.41, 5.74) is 7.90. The maximum absolute atomic E-state index is 15.7. The average Bonchev–Trinajstić information content (AvgIpc) is 2.79. The van der Waals surface area contributed by atoms with Crippen LogP contribution in [0.2, 0.25) is 0 Å². The Balaban J connectivity index is 2.15. The number of nitrogen functional groups attached to an aromatic ring is 1. The van der Waals surface area contributed by atoms with Gasteiger partial charge in [0.1, 0.15) is 11.6 Å². The molecule has 0 bridgehead atoms. The van der Waals surface area contributed by atoms with Crippen LogP contribution in [0, 0.1) is 11.2 Å². The molecule has 0 aliphatic heterocycles. The molecule has 3 aromatic rings. The highest BCUT2D eigenvalue weighted by Gasteiger charge is 2.22. The van der Waals surface area contributed by atoms with Crippen molar-refractivity contribution in [2.45, 2.75) is 38.6 Å². The van der Waals surface area contributed by atoms with E-state index in [1.165, 1.54) is 11.8 Å². The lowest BCUT2D eigenvalue weighted by molar-refractivity contribution is 0.229. The Morgan fingerprint density at radius 2 is 1.94 bits per heavy atom. The normalized spacial score (nSPS) is 10.8. The minimum absolute atomic E-state index is 0.0364. The van der Waals surface area contributed by atoms with Crippen molar-refractivity contribution in [2.24, 2.45) is 5.73 Å². The van der Waals surface area contributed by atoms with Crippen LogP contribution in [0.4, 0.5) is 15.8 Å². The molecule has 0 amide bonds. The maximum Gasteiger partial charge on any atom is 0.188 e. The number of aromatic nitrogens is 2. The molecule has 1 aromatic heterocycles. The fraction of sp³-hybridized carbons (Fsp3) is 0.292. The molecule has 33 heavy (non-hydrogen) atoms. The molecule has 3 N–H and O–H groups in total. The van der Waals surface area contributed by atoms with Gasteiger partial charge in [-0.2, -0.15) is 0 Å². The monoisotopic (exact) mass is 469 g/mol. The Bertz CT molecular complexity index is 1110. The fourth-order valence-corrected chi connectivity index (χ4v) is 3.58. The van der Waals surface area contributed by atoms with Gasteiger partial charge < -0.3 is 20.1 Å². The molecule has 0 aliphatic carbocycles. The Labute approximate surface area is 197 Å². The second kappa shape index (κ2) is 11.0. The van der Waals surface area contributed by atoms with Gasteiger partial charge in [-0.25, -0.2) is 14.4 Å². The fourth-order valence-electron chi connectivity index (χ4n) is 3.21. The van der Waals surface area contributed by atoms with Crippen LogP contribution in [0.15, 0.2) is 53.8 Å². The summed E-state index contributed by atoms with van der Waals surface area (Å²) < 4.78 is 27.2. The van der Waals surface area contributed by atoms with Crippen LogP contribution in [0.25, 0.3) is 0 Å². The van der Waals surface area contributed by atoms with Crippen molar-refractivity contribution in [1.29, 1.82) is 5.41 Å². The van der Waals surface area contributed by atoms with Crippen molar-refractivity contribution >= 4 is 29.0 Å². The van der Waals surface area contributed by atoms with Crippen molar-refractivity contribution in [3.05, 3.63) is 65.7 Å². The van der Waals surface area contributed by atoms with E-state index >= 15 is 4.39 Å². The first-order valence-electron chi connectivity index (χ1n) is 10.5. The standard InChI is InChI=1S/C24H28FN5O2S/c1-5-31-19-12-20(22(25)21(13-19)32-15(2)3)30(14-17-10-11-28-24(29-17)33-4)18-8-6-16(7-9-18)23(26)27/h6-13,15H,5,14H2,1-4H3,(H3,26,27). The highest BCUT2D eigenvalue weighted by Crippen LogP contribution is 2.38. The third kappa shape index (κ3) is 6.13. The van der Waals surface area contributed by atoms with Crippen LogP contribution < -0.4 is 20.1 Å². The summed E-state index contributed by atoms with van der Waals surface area (Å²) in [7, 11) is 0. The van der Waals surface area contributed by atoms with Gasteiger partial charge in [0, 0.05) is 29.6 Å². The number of thioether (sulfide) groups is 1. The summed E-state index contributed by atoms with van der Waals surface area (Å²) in [5.74, 6) is 0.0822. The largest absolute Gasteiger partial charge is 0.494 e. The molecular formula is C24H28FN5O2S. The molecule has 0 unspecified atom stereocenters. The molecule has 2 aromatic carbocycles. The molecule has 0 saturated heterocycles. The van der Waals surface area contributed by atoms with E-state index in [9.17, 15) is 0 Å². The highest BCUT2D eigenvalue weighted by atomic mass is 32.2. The third-order valence-electron chi connectivity index (χ3n) is 4.64. The summed E-state index contributed by atoms with van der Waals surface area (Å²) in [6, 6.07) is 12.1. The topological polar surface area (TPSA) is 97.4 Å². The van der Waals surface area contributed by atoms with Crippen LogP contribution in [-0.2, 0) is 6.54 Å². The molecule has 0 aliphatic rings. The maximum atomic E-state index is 15.7. The minimum Gasteiger partial charge on any atom is -0.494 e. The van der Waals surface area contributed by atoms with Gasteiger partial charge in [-0.3, -0.25) is 5.41 Å². The number of rotatable bonds is 10. The van der Waals surface area contributed by atoms with Crippen molar-refractivity contribution in [3.63, 3.8) is 0 Å². The van der Waals surface area contributed by atoms with Gasteiger partial charge in [0.2, 0.25) is 0 Å². The number of amidine groups is 1. The molecule has 9 heteroatoms. The zero-order valence-electron chi connectivity index (χ0n) is 19.1. The van der Waals surface area contributed by atoms with Crippen LogP contribution in [-0.4, -0.2) is 34.8 Å². The lowest BCUT2D eigenvalue weighted by Crippen LogP contribution is -2.20. The molecule has 0 fully saturated rings. The van der Waals surface area contributed by atoms with Crippen molar-refractivity contribution < 1.29 is 13.9 Å². The lowest BCUT2D eigenvalue weighted by atomic mass is 10.1. The number of halogens is 1. The van der Waals surface area contributed by atoms with Gasteiger partial charge >= 0.3 is 0 Å². The van der Waals surface area contributed by atoms with Gasteiger partial charge in [0.25, 0.3) is 0 Å². The Hall–Kier alpha value is -3.33. The van der Waals surface area contributed by atoms with E-state index in [2.05, 4.69) is 9.97 Å². The van der Waals surface area contributed by atoms with Crippen molar-refractivity contribution in [1.82, 2.24) is 9.97 Å². The predicted molar refractivity (Wildman–Crippen MR) is 130 cm³/mol. The van der Waals surface area contributed by atoms with E-state index in [0.717, 1.165) is 5.69 Å². The van der Waals surface area contributed by atoms with Gasteiger partial charge in [0.15, 0.2) is 16.7 Å². The Kier molecular flexibility index (Phi) is 8.11. The SMILES string of the molecule is CCOc1cc(OC(C)C)c(F)c(N(Cc2ccnc(SC)n2)c2ccc(C(=N)N)cc2)c1. The third-order valence-corrected chi connectivity index (χ3v) is 5.20. The summed E-state index contributed by atoms with van der Waals surface area (Å²) in [6.07, 6.45) is 3.38. The summed E-state index contributed by atoms with van der Waals surface area (Å²) >= 11 is 1.44. The van der Waals surface area contributed by atoms with E-state index in [4.69, 9.17) is 20.6 Å². The predicted octanol–water partition coefficient (Wildman–Crippen LogP) is 5.15. The number of anilines is 2. The van der Waals surface area contributed by atoms with E-state index in [1.807, 2.05) is 27.0 Å². The summed E-state index contributed by atoms with van der Waals surface area (Å²) in [6.45, 7) is 6.27. The van der Waals surface area contributed by atoms with Gasteiger partial charge in [-0.05, 0) is 57.4 Å². The number of ether oxygens (including phenoxy) is 2. The van der Waals surface area contributed by atoms with Crippen LogP contribution >= 0.6 is 11.8 Å². The minimum atomic E-state index is -0.498. The van der Waals surface area contributed by atoms with Crippen molar-refractivity contribution in [3.8, 4) is 11.5 Å². The second-order valence-electron chi connectivity index (χ2n) is 7.44. The molecule has 3 rings (SSSR count). The number of nitrogens with two attached hydrogens (primary N) is 1. The zero-order valence-corrected chi connectivity index (χ0v) is 19.9. The van der Waals surface area contributed by atoms with E-state index in [-0.39, 0.29) is 29.9 Å². The Morgan fingerprint density at radius 1 is 1.21 bits per heavy atom. The number of hydrogen-bond donors (Lipinski definition) is 2. The first-order valence-corrected chi connectivity index (χ1v) is 11.8. The average molecular weight is 470 g/mol. The van der Waals surface area contributed by atoms with E-state index < -0.39 is 5.82 Å². The molecule has 0 spiro atoms. The quantitative estimate of drug-likeness (QED) is 0.183. The zero-order chi connectivity index (χ0) is 24.0. The highest BCUT2D eigenvalue weighted by molar-refractivity contribution is 7.98. The summed E-state index contributed by atoms with van der Waals surface area (Å²) in [5, 5.41) is 8.29. The molecule has 7 nitrogen and oxygen atoms in total. The number of benzene rings is 2. The first-order chi connectivity index (χ1) is 15.8. The first kappa shape index (κ1) is 24.3. The Morgan fingerprint density at radius 3 is 2.55 bits per heavy atom.